The Kier molecular flexibility index (Phi) is 8.22. The molecule has 1 amide bonds. The first-order chi connectivity index (χ1) is 9.35. The number of hydrogen-bond acceptors (Lipinski definition) is 3. The van der Waals surface area contributed by atoms with Gasteiger partial charge in [-0.15, -0.1) is 0 Å². The fraction of sp³-hybridized carbons (Fsp3) is 0.588. The molecule has 4 nitrogen and oxygen atoms in total. The van der Waals surface area contributed by atoms with Crippen molar-refractivity contribution in [2.24, 2.45) is 5.41 Å². The molecule has 0 bridgehead atoms. The number of nitrogens with zero attached hydrogens (tertiary/aromatic N) is 1. The summed E-state index contributed by atoms with van der Waals surface area (Å²) in [5.74, 6) is -0.0759. The maximum absolute atomic E-state index is 12.0. The zero-order chi connectivity index (χ0) is 15.2. The molecule has 0 aliphatic heterocycles. The third kappa shape index (κ3) is 5.86. The van der Waals surface area contributed by atoms with E-state index in [9.17, 15) is 9.90 Å². The van der Waals surface area contributed by atoms with Gasteiger partial charge in [0.25, 0.3) is 0 Å². The highest BCUT2D eigenvalue weighted by Crippen LogP contribution is 2.25. The van der Waals surface area contributed by atoms with Gasteiger partial charge in [-0.3, -0.25) is 4.79 Å². The topological polar surface area (TPSA) is 49.8 Å². The lowest BCUT2D eigenvalue weighted by Crippen LogP contribution is -2.44. The first-order valence-corrected chi connectivity index (χ1v) is 6.87. The minimum Gasteiger partial charge on any atom is -0.392 e. The van der Waals surface area contributed by atoms with Gasteiger partial charge in [0.05, 0.1) is 18.1 Å². The summed E-state index contributed by atoms with van der Waals surface area (Å²) in [4.78, 5) is 13.5. The van der Waals surface area contributed by atoms with E-state index in [1.807, 2.05) is 30.3 Å². The van der Waals surface area contributed by atoms with Crippen molar-refractivity contribution >= 4 is 5.91 Å². The summed E-state index contributed by atoms with van der Waals surface area (Å²) < 4.78 is 5.54. The van der Waals surface area contributed by atoms with Crippen LogP contribution in [-0.2, 0) is 16.1 Å². The molecule has 1 rings (SSSR count). The van der Waals surface area contributed by atoms with Crippen molar-refractivity contribution in [1.82, 2.24) is 4.90 Å². The minimum atomic E-state index is -0.792. The van der Waals surface area contributed by atoms with Crippen molar-refractivity contribution in [3.8, 4) is 0 Å². The molecule has 1 aromatic rings. The Bertz CT molecular complexity index is 415. The SMILES string of the molecule is C.CN(C)C(=O)C(C)(C)[C@@H](O)CCOCc1ccccc1. The summed E-state index contributed by atoms with van der Waals surface area (Å²) in [6.07, 6.45) is -0.271. The van der Waals surface area contributed by atoms with E-state index in [0.29, 0.717) is 19.6 Å². The average Bonchev–Trinajstić information content (AvgIpc) is 2.43. The van der Waals surface area contributed by atoms with Crippen LogP contribution in [0.2, 0.25) is 0 Å². The number of ether oxygens (including phenoxy) is 1. The number of amides is 1. The summed E-state index contributed by atoms with van der Waals surface area (Å²) in [6, 6.07) is 9.88. The molecule has 0 unspecified atom stereocenters. The molecule has 0 saturated heterocycles. The van der Waals surface area contributed by atoms with Crippen molar-refractivity contribution in [1.29, 1.82) is 0 Å². The molecule has 1 aromatic carbocycles. The molecule has 21 heavy (non-hydrogen) atoms. The van der Waals surface area contributed by atoms with Crippen LogP contribution in [-0.4, -0.2) is 42.7 Å². The predicted octanol–water partition coefficient (Wildman–Crippen LogP) is 2.70. The lowest BCUT2D eigenvalue weighted by molar-refractivity contribution is -0.144. The second-order valence-electron chi connectivity index (χ2n) is 5.76. The van der Waals surface area contributed by atoms with E-state index < -0.39 is 11.5 Å². The molecule has 0 aliphatic rings. The molecular weight excluding hydrogens is 266 g/mol. The van der Waals surface area contributed by atoms with Crippen molar-refractivity contribution in [2.45, 2.75) is 40.4 Å². The van der Waals surface area contributed by atoms with Crippen molar-refractivity contribution in [3.05, 3.63) is 35.9 Å². The fourth-order valence-corrected chi connectivity index (χ4v) is 2.04. The fourth-order valence-electron chi connectivity index (χ4n) is 2.04. The first-order valence-electron chi connectivity index (χ1n) is 6.87. The summed E-state index contributed by atoms with van der Waals surface area (Å²) in [6.45, 7) is 4.48. The molecule has 0 saturated carbocycles. The van der Waals surface area contributed by atoms with E-state index in [2.05, 4.69) is 0 Å². The Hall–Kier alpha value is -1.39. The van der Waals surface area contributed by atoms with Crippen LogP contribution in [0.1, 0.15) is 33.3 Å². The van der Waals surface area contributed by atoms with Crippen molar-refractivity contribution in [3.63, 3.8) is 0 Å². The van der Waals surface area contributed by atoms with Crippen LogP contribution in [0.25, 0.3) is 0 Å². The van der Waals surface area contributed by atoms with E-state index in [4.69, 9.17) is 4.74 Å². The second kappa shape index (κ2) is 8.80. The first kappa shape index (κ1) is 19.6. The van der Waals surface area contributed by atoms with Crippen LogP contribution in [0.15, 0.2) is 30.3 Å². The Balaban J connectivity index is 0.00000400. The largest absolute Gasteiger partial charge is 0.392 e. The van der Waals surface area contributed by atoms with Crippen LogP contribution in [0.3, 0.4) is 0 Å². The second-order valence-corrected chi connectivity index (χ2v) is 5.76. The Morgan fingerprint density at radius 3 is 2.38 bits per heavy atom. The maximum atomic E-state index is 12.0. The average molecular weight is 295 g/mol. The van der Waals surface area contributed by atoms with Crippen LogP contribution in [0.4, 0.5) is 0 Å². The van der Waals surface area contributed by atoms with E-state index in [1.165, 1.54) is 4.90 Å². The Labute approximate surface area is 128 Å². The highest BCUT2D eigenvalue weighted by atomic mass is 16.5. The highest BCUT2D eigenvalue weighted by Gasteiger charge is 2.36. The van der Waals surface area contributed by atoms with E-state index >= 15 is 0 Å². The number of aliphatic hydroxyl groups excluding tert-OH is 1. The number of carbonyl (C=O) groups excluding carboxylic acids is 1. The van der Waals surface area contributed by atoms with Crippen LogP contribution < -0.4 is 0 Å². The van der Waals surface area contributed by atoms with Gasteiger partial charge in [0.1, 0.15) is 0 Å². The van der Waals surface area contributed by atoms with Crippen LogP contribution in [0.5, 0.6) is 0 Å². The number of benzene rings is 1. The lowest BCUT2D eigenvalue weighted by atomic mass is 9.83. The van der Waals surface area contributed by atoms with Gasteiger partial charge in [-0.25, -0.2) is 0 Å². The monoisotopic (exact) mass is 295 g/mol. The molecule has 1 atom stereocenters. The van der Waals surface area contributed by atoms with Gasteiger partial charge in [0.2, 0.25) is 5.91 Å². The molecule has 0 aromatic heterocycles. The Morgan fingerprint density at radius 1 is 1.29 bits per heavy atom. The van der Waals surface area contributed by atoms with Gasteiger partial charge in [-0.1, -0.05) is 37.8 Å². The third-order valence-electron chi connectivity index (χ3n) is 3.44. The smallest absolute Gasteiger partial charge is 0.230 e. The molecule has 4 heteroatoms. The van der Waals surface area contributed by atoms with Gasteiger partial charge in [0.15, 0.2) is 0 Å². The molecule has 120 valence electrons. The molecule has 1 N–H and O–H groups in total. The van der Waals surface area contributed by atoms with Crippen LogP contribution >= 0.6 is 0 Å². The molecular formula is C17H29NO3. The standard InChI is InChI=1S/C16H25NO3.CH4/c1-16(2,15(19)17(3)4)14(18)10-11-20-12-13-8-6-5-7-9-13;/h5-9,14,18H,10-12H2,1-4H3;1H4/t14-;/m0./s1. The van der Waals surface area contributed by atoms with Crippen LogP contribution in [0, 0.1) is 5.41 Å². The highest BCUT2D eigenvalue weighted by molar-refractivity contribution is 5.82. The van der Waals surface area contributed by atoms with Crippen molar-refractivity contribution < 1.29 is 14.6 Å². The molecule has 0 heterocycles. The summed E-state index contributed by atoms with van der Waals surface area (Å²) >= 11 is 0. The lowest BCUT2D eigenvalue weighted by Gasteiger charge is -2.31. The third-order valence-corrected chi connectivity index (χ3v) is 3.44. The van der Waals surface area contributed by atoms with Crippen molar-refractivity contribution in [2.75, 3.05) is 20.7 Å². The van der Waals surface area contributed by atoms with E-state index in [1.54, 1.807) is 27.9 Å². The number of aliphatic hydroxyl groups is 1. The quantitative estimate of drug-likeness (QED) is 0.787. The molecule has 0 radical (unpaired) electrons. The predicted molar refractivity (Wildman–Crippen MR) is 85.9 cm³/mol. The van der Waals surface area contributed by atoms with Gasteiger partial charge in [-0.2, -0.15) is 0 Å². The van der Waals surface area contributed by atoms with E-state index in [-0.39, 0.29) is 13.3 Å². The number of carbonyl (C=O) groups is 1. The maximum Gasteiger partial charge on any atom is 0.230 e. The van der Waals surface area contributed by atoms with Gasteiger partial charge < -0.3 is 14.7 Å². The zero-order valence-electron chi connectivity index (χ0n) is 12.8. The summed E-state index contributed by atoms with van der Waals surface area (Å²) in [5.41, 5.74) is 0.310. The molecule has 0 aliphatic carbocycles. The minimum absolute atomic E-state index is 0. The number of rotatable bonds is 7. The molecule has 0 fully saturated rings. The van der Waals surface area contributed by atoms with E-state index in [0.717, 1.165) is 5.56 Å². The summed E-state index contributed by atoms with van der Waals surface area (Å²) in [7, 11) is 3.39. The number of hydrogen-bond donors (Lipinski definition) is 1. The normalized spacial score (nSPS) is 12.4. The van der Waals surface area contributed by atoms with Gasteiger partial charge >= 0.3 is 0 Å². The van der Waals surface area contributed by atoms with Gasteiger partial charge in [0, 0.05) is 20.7 Å². The summed E-state index contributed by atoms with van der Waals surface area (Å²) in [5, 5.41) is 10.2. The van der Waals surface area contributed by atoms with Gasteiger partial charge in [-0.05, 0) is 25.8 Å². The molecule has 0 spiro atoms. The Morgan fingerprint density at radius 2 is 1.86 bits per heavy atom. The zero-order valence-corrected chi connectivity index (χ0v) is 12.8.